The zero-order valence-electron chi connectivity index (χ0n) is 14.8. The Morgan fingerprint density at radius 2 is 1.42 bits per heavy atom. The third-order valence-electron chi connectivity index (χ3n) is 4.65. The predicted molar refractivity (Wildman–Crippen MR) is 99.8 cm³/mol. The largest absolute Gasteiger partial charge is 0.395 e. The lowest BCUT2D eigenvalue weighted by Crippen LogP contribution is -2.32. The lowest BCUT2D eigenvalue weighted by molar-refractivity contribution is 0.0650. The molecule has 0 atom stereocenters. The Kier molecular flexibility index (Phi) is 6.15. The summed E-state index contributed by atoms with van der Waals surface area (Å²) in [5.41, 5.74) is 2.22. The summed E-state index contributed by atoms with van der Waals surface area (Å²) in [5.74, 6) is -0.385. The summed E-state index contributed by atoms with van der Waals surface area (Å²) in [6.07, 6.45) is 1.61. The molecular formula is C21H24N2O3. The minimum Gasteiger partial charge on any atom is -0.395 e. The minimum atomic E-state index is -0.193. The highest BCUT2D eigenvalue weighted by Crippen LogP contribution is 2.22. The summed E-state index contributed by atoms with van der Waals surface area (Å²) < 4.78 is 0. The Bertz CT molecular complexity index is 726. The van der Waals surface area contributed by atoms with Gasteiger partial charge in [-0.3, -0.25) is 19.4 Å². The van der Waals surface area contributed by atoms with Crippen molar-refractivity contribution in [3.8, 4) is 0 Å². The summed E-state index contributed by atoms with van der Waals surface area (Å²) in [5, 5.41) is 9.27. The number of imide groups is 1. The summed E-state index contributed by atoms with van der Waals surface area (Å²) in [4.78, 5) is 28.2. The molecule has 2 aromatic carbocycles. The maximum Gasteiger partial charge on any atom is 0.261 e. The summed E-state index contributed by atoms with van der Waals surface area (Å²) in [6.45, 7) is 2.77. The van der Waals surface area contributed by atoms with E-state index in [2.05, 4.69) is 17.0 Å². The number of nitrogens with zero attached hydrogens (tertiary/aromatic N) is 2. The molecule has 0 saturated carbocycles. The molecule has 1 N–H and O–H groups in total. The second kappa shape index (κ2) is 8.74. The maximum atomic E-state index is 12.3. The van der Waals surface area contributed by atoms with Crippen molar-refractivity contribution in [2.75, 3.05) is 26.2 Å². The number of aliphatic hydroxyl groups excluding tert-OH is 1. The average molecular weight is 352 g/mol. The minimum absolute atomic E-state index is 0.116. The van der Waals surface area contributed by atoms with E-state index in [0.29, 0.717) is 24.2 Å². The SMILES string of the molecule is O=C1c2ccccc2C(=O)N1CCCCN(CCO)Cc1ccccc1. The van der Waals surface area contributed by atoms with Crippen LogP contribution in [0, 0.1) is 0 Å². The van der Waals surface area contributed by atoms with E-state index < -0.39 is 0 Å². The number of amides is 2. The lowest BCUT2D eigenvalue weighted by Gasteiger charge is -2.22. The van der Waals surface area contributed by atoms with Gasteiger partial charge in [-0.15, -0.1) is 0 Å². The Labute approximate surface area is 153 Å². The van der Waals surface area contributed by atoms with Crippen LogP contribution in [0.15, 0.2) is 54.6 Å². The van der Waals surface area contributed by atoms with Gasteiger partial charge in [-0.25, -0.2) is 0 Å². The van der Waals surface area contributed by atoms with Gasteiger partial charge in [-0.1, -0.05) is 42.5 Å². The topological polar surface area (TPSA) is 60.9 Å². The van der Waals surface area contributed by atoms with Gasteiger partial charge in [0.1, 0.15) is 0 Å². The number of aliphatic hydroxyl groups is 1. The molecule has 0 fully saturated rings. The van der Waals surface area contributed by atoms with Crippen LogP contribution in [0.5, 0.6) is 0 Å². The van der Waals surface area contributed by atoms with Crippen molar-refractivity contribution in [3.05, 3.63) is 71.3 Å². The molecule has 5 heteroatoms. The second-order valence-corrected chi connectivity index (χ2v) is 6.50. The van der Waals surface area contributed by atoms with E-state index in [-0.39, 0.29) is 18.4 Å². The van der Waals surface area contributed by atoms with Crippen LogP contribution in [0.4, 0.5) is 0 Å². The molecule has 1 aliphatic rings. The Hall–Kier alpha value is -2.50. The first-order valence-corrected chi connectivity index (χ1v) is 9.03. The third-order valence-corrected chi connectivity index (χ3v) is 4.65. The van der Waals surface area contributed by atoms with Gasteiger partial charge in [0, 0.05) is 19.6 Å². The number of unbranched alkanes of at least 4 members (excludes halogenated alkanes) is 1. The number of fused-ring (bicyclic) bond motifs is 1. The van der Waals surface area contributed by atoms with Gasteiger partial charge >= 0.3 is 0 Å². The molecule has 0 unspecified atom stereocenters. The maximum absolute atomic E-state index is 12.3. The van der Waals surface area contributed by atoms with Crippen molar-refractivity contribution < 1.29 is 14.7 Å². The molecule has 0 aromatic heterocycles. The van der Waals surface area contributed by atoms with Gasteiger partial charge in [0.2, 0.25) is 0 Å². The smallest absolute Gasteiger partial charge is 0.261 e. The van der Waals surface area contributed by atoms with Crippen molar-refractivity contribution in [1.82, 2.24) is 9.80 Å². The number of hydrogen-bond donors (Lipinski definition) is 1. The normalized spacial score (nSPS) is 13.5. The summed E-state index contributed by atoms with van der Waals surface area (Å²) in [6, 6.07) is 17.1. The fourth-order valence-corrected chi connectivity index (χ4v) is 3.30. The van der Waals surface area contributed by atoms with Crippen molar-refractivity contribution in [3.63, 3.8) is 0 Å². The van der Waals surface area contributed by atoms with E-state index in [9.17, 15) is 14.7 Å². The first kappa shape index (κ1) is 18.3. The standard InChI is InChI=1S/C21H24N2O3/c24-15-14-22(16-17-8-2-1-3-9-17)12-6-7-13-23-20(25)18-10-4-5-11-19(18)21(23)26/h1-5,8-11,24H,6-7,12-16H2. The van der Waals surface area contributed by atoms with E-state index in [1.807, 2.05) is 18.2 Å². The number of hydrogen-bond acceptors (Lipinski definition) is 4. The molecule has 0 aliphatic carbocycles. The molecule has 3 rings (SSSR count). The molecule has 2 aromatic rings. The highest BCUT2D eigenvalue weighted by atomic mass is 16.3. The number of carbonyl (C=O) groups is 2. The van der Waals surface area contributed by atoms with E-state index in [1.54, 1.807) is 24.3 Å². The van der Waals surface area contributed by atoms with E-state index in [1.165, 1.54) is 10.5 Å². The second-order valence-electron chi connectivity index (χ2n) is 6.50. The number of rotatable bonds is 9. The predicted octanol–water partition coefficient (Wildman–Crippen LogP) is 2.56. The van der Waals surface area contributed by atoms with Crippen LogP contribution in [0.1, 0.15) is 39.1 Å². The zero-order chi connectivity index (χ0) is 18.4. The van der Waals surface area contributed by atoms with Crippen LogP contribution in [-0.4, -0.2) is 53.0 Å². The van der Waals surface area contributed by atoms with Gasteiger partial charge in [0.05, 0.1) is 17.7 Å². The van der Waals surface area contributed by atoms with Crippen molar-refractivity contribution >= 4 is 11.8 Å². The molecule has 0 radical (unpaired) electrons. The quantitative estimate of drug-likeness (QED) is 0.557. The highest BCUT2D eigenvalue weighted by molar-refractivity contribution is 6.21. The van der Waals surface area contributed by atoms with Crippen LogP contribution < -0.4 is 0 Å². The fraction of sp³-hybridized carbons (Fsp3) is 0.333. The van der Waals surface area contributed by atoms with Crippen molar-refractivity contribution in [1.29, 1.82) is 0 Å². The van der Waals surface area contributed by atoms with E-state index >= 15 is 0 Å². The summed E-state index contributed by atoms with van der Waals surface area (Å²) in [7, 11) is 0. The van der Waals surface area contributed by atoms with E-state index in [0.717, 1.165) is 25.9 Å². The molecule has 2 amide bonds. The molecule has 136 valence electrons. The number of benzene rings is 2. The molecule has 5 nitrogen and oxygen atoms in total. The zero-order valence-corrected chi connectivity index (χ0v) is 14.8. The molecule has 26 heavy (non-hydrogen) atoms. The molecule has 0 spiro atoms. The summed E-state index contributed by atoms with van der Waals surface area (Å²) >= 11 is 0. The van der Waals surface area contributed by atoms with Crippen molar-refractivity contribution in [2.24, 2.45) is 0 Å². The molecule has 1 aliphatic heterocycles. The van der Waals surface area contributed by atoms with Crippen LogP contribution in [0.25, 0.3) is 0 Å². The van der Waals surface area contributed by atoms with Crippen LogP contribution in [0.2, 0.25) is 0 Å². The fourth-order valence-electron chi connectivity index (χ4n) is 3.30. The molecule has 0 saturated heterocycles. The van der Waals surface area contributed by atoms with Crippen molar-refractivity contribution in [2.45, 2.75) is 19.4 Å². The number of carbonyl (C=O) groups excluding carboxylic acids is 2. The van der Waals surface area contributed by atoms with Crippen LogP contribution in [-0.2, 0) is 6.54 Å². The molecular weight excluding hydrogens is 328 g/mol. The Balaban J connectivity index is 1.48. The molecule has 0 bridgehead atoms. The van der Waals surface area contributed by atoms with Gasteiger partial charge in [0.15, 0.2) is 0 Å². The third kappa shape index (κ3) is 4.18. The Morgan fingerprint density at radius 1 is 0.808 bits per heavy atom. The van der Waals surface area contributed by atoms with Gasteiger partial charge in [-0.2, -0.15) is 0 Å². The lowest BCUT2D eigenvalue weighted by atomic mass is 10.1. The van der Waals surface area contributed by atoms with E-state index in [4.69, 9.17) is 0 Å². The molecule has 1 heterocycles. The average Bonchev–Trinajstić information content (AvgIpc) is 2.91. The monoisotopic (exact) mass is 352 g/mol. The van der Waals surface area contributed by atoms with Crippen LogP contribution >= 0.6 is 0 Å². The van der Waals surface area contributed by atoms with Gasteiger partial charge in [-0.05, 0) is 37.1 Å². The Morgan fingerprint density at radius 3 is 2.04 bits per heavy atom. The first-order valence-electron chi connectivity index (χ1n) is 9.03. The van der Waals surface area contributed by atoms with Gasteiger partial charge < -0.3 is 5.11 Å². The van der Waals surface area contributed by atoms with Crippen LogP contribution in [0.3, 0.4) is 0 Å². The van der Waals surface area contributed by atoms with Gasteiger partial charge in [0.25, 0.3) is 11.8 Å². The highest BCUT2D eigenvalue weighted by Gasteiger charge is 2.34. The first-order chi connectivity index (χ1) is 12.7.